The molecule has 0 bridgehead atoms. The molecule has 0 fully saturated rings. The Labute approximate surface area is 93.5 Å². The van der Waals surface area contributed by atoms with Gasteiger partial charge in [0.15, 0.2) is 0 Å². The Hall–Kier alpha value is -2.16. The van der Waals surface area contributed by atoms with Crippen LogP contribution in [-0.2, 0) is 9.53 Å². The molecule has 0 amide bonds. The van der Waals surface area contributed by atoms with E-state index < -0.39 is 0 Å². The number of carbonyl (C=O) groups is 1. The Bertz CT molecular complexity index is 414. The van der Waals surface area contributed by atoms with Crippen molar-refractivity contribution in [3.63, 3.8) is 0 Å². The van der Waals surface area contributed by atoms with Crippen molar-refractivity contribution in [1.82, 2.24) is 9.97 Å². The molecule has 0 aromatic carbocycles. The van der Waals surface area contributed by atoms with Crippen LogP contribution >= 0.6 is 0 Å². The first-order chi connectivity index (χ1) is 7.67. The van der Waals surface area contributed by atoms with E-state index in [0.717, 1.165) is 0 Å². The number of methoxy groups -OCH3 is 1. The molecule has 0 aliphatic carbocycles. The molecule has 0 radical (unpaired) electrons. The van der Waals surface area contributed by atoms with Gasteiger partial charge in [0.25, 0.3) is 0 Å². The zero-order valence-corrected chi connectivity index (χ0v) is 9.17. The van der Waals surface area contributed by atoms with Gasteiger partial charge in [-0.3, -0.25) is 4.79 Å². The number of rotatable bonds is 4. The molecule has 16 heavy (non-hydrogen) atoms. The SMILES string of the molecule is COC(=O)CCN(C)c1nccc(C#N)n1. The van der Waals surface area contributed by atoms with Gasteiger partial charge in [-0.25, -0.2) is 9.97 Å². The van der Waals surface area contributed by atoms with E-state index in [1.165, 1.54) is 19.4 Å². The largest absolute Gasteiger partial charge is 0.469 e. The summed E-state index contributed by atoms with van der Waals surface area (Å²) in [6, 6.07) is 3.45. The Morgan fingerprint density at radius 1 is 1.69 bits per heavy atom. The number of carbonyl (C=O) groups excluding carboxylic acids is 1. The van der Waals surface area contributed by atoms with Crippen molar-refractivity contribution in [1.29, 1.82) is 5.26 Å². The fourth-order valence-electron chi connectivity index (χ4n) is 1.06. The molecule has 0 N–H and O–H groups in total. The van der Waals surface area contributed by atoms with Gasteiger partial charge in [0, 0.05) is 19.8 Å². The monoisotopic (exact) mass is 220 g/mol. The third kappa shape index (κ3) is 3.20. The average molecular weight is 220 g/mol. The van der Waals surface area contributed by atoms with E-state index in [4.69, 9.17) is 5.26 Å². The van der Waals surface area contributed by atoms with E-state index in [1.54, 1.807) is 11.9 Å². The maximum Gasteiger partial charge on any atom is 0.307 e. The lowest BCUT2D eigenvalue weighted by Gasteiger charge is -2.15. The van der Waals surface area contributed by atoms with Gasteiger partial charge in [-0.15, -0.1) is 0 Å². The highest BCUT2D eigenvalue weighted by Crippen LogP contribution is 2.05. The van der Waals surface area contributed by atoms with E-state index in [9.17, 15) is 4.79 Å². The van der Waals surface area contributed by atoms with Gasteiger partial charge in [-0.2, -0.15) is 5.26 Å². The Morgan fingerprint density at radius 2 is 2.44 bits per heavy atom. The van der Waals surface area contributed by atoms with Crippen molar-refractivity contribution in [2.45, 2.75) is 6.42 Å². The quantitative estimate of drug-likeness (QED) is 0.681. The molecule has 0 saturated heterocycles. The van der Waals surface area contributed by atoms with Crippen molar-refractivity contribution < 1.29 is 9.53 Å². The Morgan fingerprint density at radius 3 is 3.06 bits per heavy atom. The van der Waals surface area contributed by atoms with Crippen molar-refractivity contribution >= 4 is 11.9 Å². The molecule has 1 heterocycles. The van der Waals surface area contributed by atoms with Crippen LogP contribution in [0.5, 0.6) is 0 Å². The van der Waals surface area contributed by atoms with E-state index in [1.807, 2.05) is 6.07 Å². The summed E-state index contributed by atoms with van der Waals surface area (Å²) in [5.41, 5.74) is 0.301. The van der Waals surface area contributed by atoms with E-state index in [2.05, 4.69) is 14.7 Å². The highest BCUT2D eigenvalue weighted by atomic mass is 16.5. The number of hydrogen-bond donors (Lipinski definition) is 0. The lowest BCUT2D eigenvalue weighted by atomic mass is 10.4. The molecular weight excluding hydrogens is 208 g/mol. The molecule has 0 spiro atoms. The van der Waals surface area contributed by atoms with Crippen molar-refractivity contribution in [2.24, 2.45) is 0 Å². The predicted octanol–water partition coefficient (Wildman–Crippen LogP) is 0.348. The van der Waals surface area contributed by atoms with Gasteiger partial charge in [0.1, 0.15) is 11.8 Å². The van der Waals surface area contributed by atoms with Crippen molar-refractivity contribution in [3.05, 3.63) is 18.0 Å². The predicted molar refractivity (Wildman–Crippen MR) is 56.7 cm³/mol. The molecule has 1 aromatic heterocycles. The summed E-state index contributed by atoms with van der Waals surface area (Å²) in [6.45, 7) is 0.446. The number of aromatic nitrogens is 2. The fourth-order valence-corrected chi connectivity index (χ4v) is 1.06. The van der Waals surface area contributed by atoms with Crippen molar-refractivity contribution in [2.75, 3.05) is 25.6 Å². The zero-order valence-electron chi connectivity index (χ0n) is 9.17. The van der Waals surface area contributed by atoms with Crippen LogP contribution in [0, 0.1) is 11.3 Å². The number of nitrogens with zero attached hydrogens (tertiary/aromatic N) is 4. The second-order valence-corrected chi connectivity index (χ2v) is 3.10. The van der Waals surface area contributed by atoms with Crippen LogP contribution in [0.25, 0.3) is 0 Å². The van der Waals surface area contributed by atoms with Crippen LogP contribution in [-0.4, -0.2) is 36.6 Å². The van der Waals surface area contributed by atoms with Crippen LogP contribution in [0.1, 0.15) is 12.1 Å². The van der Waals surface area contributed by atoms with Gasteiger partial charge in [-0.1, -0.05) is 0 Å². The second-order valence-electron chi connectivity index (χ2n) is 3.10. The third-order valence-electron chi connectivity index (χ3n) is 1.98. The van der Waals surface area contributed by atoms with Gasteiger partial charge >= 0.3 is 5.97 Å². The zero-order chi connectivity index (χ0) is 12.0. The third-order valence-corrected chi connectivity index (χ3v) is 1.98. The summed E-state index contributed by atoms with van der Waals surface area (Å²) < 4.78 is 4.52. The Kier molecular flexibility index (Phi) is 4.21. The summed E-state index contributed by atoms with van der Waals surface area (Å²) in [5, 5.41) is 8.67. The standard InChI is InChI=1S/C10H12N4O2/c1-14(6-4-9(15)16-2)10-12-5-3-8(7-11)13-10/h3,5H,4,6H2,1-2H3. The molecule has 0 aliphatic rings. The average Bonchev–Trinajstić information content (AvgIpc) is 2.35. The molecule has 6 nitrogen and oxygen atoms in total. The van der Waals surface area contributed by atoms with Gasteiger partial charge in [0.2, 0.25) is 5.95 Å². The summed E-state index contributed by atoms with van der Waals surface area (Å²) in [4.78, 5) is 20.6. The van der Waals surface area contributed by atoms with Crippen LogP contribution in [0.4, 0.5) is 5.95 Å². The maximum absolute atomic E-state index is 10.9. The number of nitriles is 1. The Balaban J connectivity index is 2.62. The van der Waals surface area contributed by atoms with Gasteiger partial charge in [-0.05, 0) is 6.07 Å². The molecule has 84 valence electrons. The molecule has 1 rings (SSSR count). The smallest absolute Gasteiger partial charge is 0.307 e. The first-order valence-corrected chi connectivity index (χ1v) is 4.68. The van der Waals surface area contributed by atoms with Crippen LogP contribution in [0.15, 0.2) is 12.3 Å². The van der Waals surface area contributed by atoms with E-state index in [0.29, 0.717) is 18.2 Å². The number of ether oxygens (including phenoxy) is 1. The maximum atomic E-state index is 10.9. The van der Waals surface area contributed by atoms with E-state index in [-0.39, 0.29) is 12.4 Å². The summed E-state index contributed by atoms with van der Waals surface area (Å²) in [6.07, 6.45) is 1.77. The molecule has 0 aliphatic heterocycles. The lowest BCUT2D eigenvalue weighted by Crippen LogP contribution is -2.23. The topological polar surface area (TPSA) is 79.1 Å². The van der Waals surface area contributed by atoms with Crippen molar-refractivity contribution in [3.8, 4) is 6.07 Å². The number of anilines is 1. The minimum atomic E-state index is -0.289. The minimum Gasteiger partial charge on any atom is -0.469 e. The molecule has 1 aromatic rings. The molecule has 0 unspecified atom stereocenters. The van der Waals surface area contributed by atoms with Crippen LogP contribution in [0.3, 0.4) is 0 Å². The number of hydrogen-bond acceptors (Lipinski definition) is 6. The first-order valence-electron chi connectivity index (χ1n) is 4.68. The number of esters is 1. The molecule has 0 saturated carbocycles. The summed E-state index contributed by atoms with van der Waals surface area (Å²) in [5.74, 6) is 0.131. The van der Waals surface area contributed by atoms with Gasteiger partial charge in [0.05, 0.1) is 13.5 Å². The highest BCUT2D eigenvalue weighted by Gasteiger charge is 2.07. The first kappa shape index (κ1) is 11.9. The minimum absolute atomic E-state index is 0.257. The second kappa shape index (κ2) is 5.66. The normalized spacial score (nSPS) is 9.31. The summed E-state index contributed by atoms with van der Waals surface area (Å²) >= 11 is 0. The molecule has 6 heteroatoms. The van der Waals surface area contributed by atoms with Crippen LogP contribution < -0.4 is 4.90 Å². The molecule has 0 atom stereocenters. The van der Waals surface area contributed by atoms with Gasteiger partial charge < -0.3 is 9.64 Å². The highest BCUT2D eigenvalue weighted by molar-refractivity contribution is 5.69. The summed E-state index contributed by atoms with van der Waals surface area (Å²) in [7, 11) is 3.09. The van der Waals surface area contributed by atoms with Crippen LogP contribution in [0.2, 0.25) is 0 Å². The molecular formula is C10H12N4O2. The van der Waals surface area contributed by atoms with E-state index >= 15 is 0 Å². The fraction of sp³-hybridized carbons (Fsp3) is 0.400. The lowest BCUT2D eigenvalue weighted by molar-refractivity contribution is -0.140.